The van der Waals surface area contributed by atoms with Crippen molar-refractivity contribution in [3.63, 3.8) is 0 Å². The molecule has 0 heterocycles. The van der Waals surface area contributed by atoms with Gasteiger partial charge in [-0.15, -0.1) is 0 Å². The molecular weight excluding hydrogens is 273 g/mol. The Morgan fingerprint density at radius 2 is 1.90 bits per heavy atom. The smallest absolute Gasteiger partial charge is 0.141 e. The average Bonchev–Trinajstić information content (AvgIpc) is 2.44. The zero-order valence-corrected chi connectivity index (χ0v) is 11.2. The molecular formula is C14H16FN5O. The van der Waals surface area contributed by atoms with Crippen LogP contribution in [0.25, 0.3) is 0 Å². The summed E-state index contributed by atoms with van der Waals surface area (Å²) in [4.78, 5) is 0. The molecule has 7 heteroatoms. The van der Waals surface area contributed by atoms with E-state index in [9.17, 15) is 4.39 Å². The van der Waals surface area contributed by atoms with E-state index in [2.05, 4.69) is 5.32 Å². The summed E-state index contributed by atoms with van der Waals surface area (Å²) in [7, 11) is 0. The molecule has 0 aliphatic rings. The van der Waals surface area contributed by atoms with Gasteiger partial charge in [-0.25, -0.2) is 4.39 Å². The van der Waals surface area contributed by atoms with Gasteiger partial charge in [0.2, 0.25) is 0 Å². The second-order valence-electron chi connectivity index (χ2n) is 4.06. The number of amidine groups is 1. The number of allylic oxidation sites excluding steroid dienone is 1. The van der Waals surface area contributed by atoms with Crippen molar-refractivity contribution < 1.29 is 9.50 Å². The Hall–Kier alpha value is -2.96. The highest BCUT2D eigenvalue weighted by molar-refractivity contribution is 6.43. The van der Waals surface area contributed by atoms with Crippen molar-refractivity contribution in [2.75, 3.05) is 0 Å². The largest absolute Gasteiger partial charge is 0.516 e. The molecule has 0 amide bonds. The molecule has 0 saturated heterocycles. The van der Waals surface area contributed by atoms with Gasteiger partial charge in [0.15, 0.2) is 0 Å². The first-order valence-electron chi connectivity index (χ1n) is 5.97. The summed E-state index contributed by atoms with van der Waals surface area (Å²) in [5.41, 5.74) is 5.29. The molecule has 1 rings (SSSR count). The Kier molecular flexibility index (Phi) is 5.81. The highest BCUT2D eigenvalue weighted by Crippen LogP contribution is 2.07. The van der Waals surface area contributed by atoms with Crippen molar-refractivity contribution >= 4 is 17.3 Å². The molecule has 0 radical (unpaired) electrons. The minimum atomic E-state index is -0.457. The van der Waals surface area contributed by atoms with E-state index >= 15 is 0 Å². The van der Waals surface area contributed by atoms with Crippen LogP contribution in [0.4, 0.5) is 4.39 Å². The van der Waals surface area contributed by atoms with E-state index in [0.717, 1.165) is 6.08 Å². The summed E-state index contributed by atoms with van der Waals surface area (Å²) in [6.07, 6.45) is 2.94. The zero-order chi connectivity index (χ0) is 15.8. The van der Waals surface area contributed by atoms with Crippen molar-refractivity contribution in [2.45, 2.75) is 6.54 Å². The van der Waals surface area contributed by atoms with Crippen LogP contribution in [0.1, 0.15) is 5.56 Å². The molecule has 1 aromatic carbocycles. The third kappa shape index (κ3) is 4.90. The highest BCUT2D eigenvalue weighted by Gasteiger charge is 2.07. The Balaban J connectivity index is 2.93. The van der Waals surface area contributed by atoms with Gasteiger partial charge in [0, 0.05) is 12.1 Å². The number of halogens is 1. The van der Waals surface area contributed by atoms with Crippen LogP contribution in [0.5, 0.6) is 0 Å². The Morgan fingerprint density at radius 3 is 2.48 bits per heavy atom. The number of hydrogen-bond acceptors (Lipinski definition) is 5. The minimum absolute atomic E-state index is 0.0886. The van der Waals surface area contributed by atoms with E-state index in [1.807, 2.05) is 0 Å². The maximum absolute atomic E-state index is 13.5. The lowest BCUT2D eigenvalue weighted by Crippen LogP contribution is -2.25. The van der Waals surface area contributed by atoms with Crippen LogP contribution >= 0.6 is 0 Å². The first kappa shape index (κ1) is 16.1. The first-order valence-corrected chi connectivity index (χ1v) is 5.97. The van der Waals surface area contributed by atoms with Crippen LogP contribution in [0.15, 0.2) is 48.4 Å². The standard InChI is InChI=1S/C14H16FN5O/c15-10-4-2-1-3-9(10)8-20-13(11(16)5-6-21)7-12(17)14(18)19/h1-7,16-17,20-21H,8H2,(H3,18,19)/b6-5-,13-7-,16-11?,17-12?. The monoisotopic (exact) mass is 289 g/mol. The van der Waals surface area contributed by atoms with Gasteiger partial charge in [-0.1, -0.05) is 18.2 Å². The molecule has 0 bridgehead atoms. The molecule has 0 atom stereocenters. The third-order valence-electron chi connectivity index (χ3n) is 2.54. The molecule has 6 nitrogen and oxygen atoms in total. The van der Waals surface area contributed by atoms with E-state index in [-0.39, 0.29) is 23.7 Å². The molecule has 21 heavy (non-hydrogen) atoms. The highest BCUT2D eigenvalue weighted by atomic mass is 19.1. The SMILES string of the molecule is N=C(N)C(=N)/C=C(\NCc1ccccc1F)C(=N)/C=C\O. The van der Waals surface area contributed by atoms with Gasteiger partial charge < -0.3 is 16.2 Å². The molecule has 0 fully saturated rings. The summed E-state index contributed by atoms with van der Waals surface area (Å²) >= 11 is 0. The maximum atomic E-state index is 13.5. The van der Waals surface area contributed by atoms with Crippen LogP contribution < -0.4 is 11.1 Å². The quantitative estimate of drug-likeness (QED) is 0.260. The fourth-order valence-corrected chi connectivity index (χ4v) is 1.44. The van der Waals surface area contributed by atoms with Crippen LogP contribution in [-0.2, 0) is 6.54 Å². The van der Waals surface area contributed by atoms with Crippen LogP contribution in [0, 0.1) is 22.0 Å². The van der Waals surface area contributed by atoms with E-state index in [4.69, 9.17) is 27.1 Å². The minimum Gasteiger partial charge on any atom is -0.516 e. The van der Waals surface area contributed by atoms with Crippen molar-refractivity contribution in [1.82, 2.24) is 5.32 Å². The summed E-state index contributed by atoms with van der Waals surface area (Å²) in [5, 5.41) is 33.9. The number of rotatable bonds is 7. The zero-order valence-electron chi connectivity index (χ0n) is 11.2. The Labute approximate surface area is 121 Å². The topological polar surface area (TPSA) is 130 Å². The van der Waals surface area contributed by atoms with Gasteiger partial charge in [0.1, 0.15) is 11.7 Å². The fraction of sp³-hybridized carbons (Fsp3) is 0.0714. The molecule has 7 N–H and O–H groups in total. The summed E-state index contributed by atoms with van der Waals surface area (Å²) in [5.74, 6) is -0.851. The summed E-state index contributed by atoms with van der Waals surface area (Å²) < 4.78 is 13.5. The van der Waals surface area contributed by atoms with Crippen molar-refractivity contribution in [3.05, 3.63) is 59.8 Å². The molecule has 0 aromatic heterocycles. The lowest BCUT2D eigenvalue weighted by molar-refractivity contribution is 0.474. The second kappa shape index (κ2) is 7.59. The van der Waals surface area contributed by atoms with Gasteiger partial charge in [0.25, 0.3) is 0 Å². The van der Waals surface area contributed by atoms with Crippen LogP contribution in [-0.4, -0.2) is 22.4 Å². The molecule has 1 aromatic rings. The van der Waals surface area contributed by atoms with E-state index in [1.165, 1.54) is 12.1 Å². The van der Waals surface area contributed by atoms with Crippen LogP contribution in [0.3, 0.4) is 0 Å². The predicted molar refractivity (Wildman–Crippen MR) is 80.5 cm³/mol. The molecule has 0 aliphatic heterocycles. The number of aliphatic hydroxyl groups is 1. The number of aliphatic hydroxyl groups excluding tert-OH is 1. The number of nitrogens with two attached hydrogens (primary N) is 1. The number of benzene rings is 1. The molecule has 110 valence electrons. The van der Waals surface area contributed by atoms with Gasteiger partial charge in [0.05, 0.1) is 23.4 Å². The maximum Gasteiger partial charge on any atom is 0.141 e. The van der Waals surface area contributed by atoms with Gasteiger partial charge in [-0.3, -0.25) is 16.2 Å². The van der Waals surface area contributed by atoms with E-state index in [0.29, 0.717) is 11.8 Å². The second-order valence-corrected chi connectivity index (χ2v) is 4.06. The molecule has 0 unspecified atom stereocenters. The van der Waals surface area contributed by atoms with E-state index < -0.39 is 11.7 Å². The number of nitrogens with one attached hydrogen (secondary N) is 4. The lowest BCUT2D eigenvalue weighted by atomic mass is 10.1. The third-order valence-corrected chi connectivity index (χ3v) is 2.54. The lowest BCUT2D eigenvalue weighted by Gasteiger charge is -2.11. The van der Waals surface area contributed by atoms with Crippen molar-refractivity contribution in [1.29, 1.82) is 16.2 Å². The predicted octanol–water partition coefficient (Wildman–Crippen LogP) is 1.85. The van der Waals surface area contributed by atoms with Crippen LogP contribution in [0.2, 0.25) is 0 Å². The first-order chi connectivity index (χ1) is 9.95. The Morgan fingerprint density at radius 1 is 1.24 bits per heavy atom. The Bertz CT molecular complexity index is 622. The number of hydrogen-bond donors (Lipinski definition) is 6. The van der Waals surface area contributed by atoms with Crippen molar-refractivity contribution in [2.24, 2.45) is 5.73 Å². The molecule has 0 aliphatic carbocycles. The van der Waals surface area contributed by atoms with Gasteiger partial charge in [-0.2, -0.15) is 0 Å². The summed E-state index contributed by atoms with van der Waals surface area (Å²) in [6, 6.07) is 6.15. The van der Waals surface area contributed by atoms with Gasteiger partial charge in [-0.05, 0) is 18.2 Å². The normalized spacial score (nSPS) is 11.4. The average molecular weight is 289 g/mol. The molecule has 0 saturated carbocycles. The fourth-order valence-electron chi connectivity index (χ4n) is 1.44. The molecule has 0 spiro atoms. The van der Waals surface area contributed by atoms with Gasteiger partial charge >= 0.3 is 0 Å². The van der Waals surface area contributed by atoms with E-state index in [1.54, 1.807) is 18.2 Å². The summed E-state index contributed by atoms with van der Waals surface area (Å²) in [6.45, 7) is 0.0886. The van der Waals surface area contributed by atoms with Crippen molar-refractivity contribution in [3.8, 4) is 0 Å².